The molecule has 3 unspecified atom stereocenters. The van der Waals surface area contributed by atoms with Gasteiger partial charge < -0.3 is 4.74 Å². The van der Waals surface area contributed by atoms with Gasteiger partial charge in [-0.25, -0.2) is 4.79 Å². The first kappa shape index (κ1) is 22.2. The summed E-state index contributed by atoms with van der Waals surface area (Å²) in [5.74, 6) is 1.95. The number of unbranched alkanes of at least 4 members (excludes halogenated alkanes) is 5. The molecule has 0 aliphatic heterocycles. The molecule has 136 valence electrons. The van der Waals surface area contributed by atoms with Crippen LogP contribution in [-0.2, 0) is 9.53 Å². The first-order chi connectivity index (χ1) is 10.9. The summed E-state index contributed by atoms with van der Waals surface area (Å²) in [5.41, 5.74) is 0.485. The fourth-order valence-corrected chi connectivity index (χ4v) is 3.03. The molecule has 0 radical (unpaired) electrons. The highest BCUT2D eigenvalue weighted by Crippen LogP contribution is 2.28. The predicted molar refractivity (Wildman–Crippen MR) is 100 cm³/mol. The van der Waals surface area contributed by atoms with E-state index in [9.17, 15) is 4.79 Å². The van der Waals surface area contributed by atoms with E-state index in [0.29, 0.717) is 18.1 Å². The number of hydrogen-bond acceptors (Lipinski definition) is 2. The summed E-state index contributed by atoms with van der Waals surface area (Å²) >= 11 is 0. The lowest BCUT2D eigenvalue weighted by atomic mass is 9.80. The maximum Gasteiger partial charge on any atom is 0.333 e. The summed E-state index contributed by atoms with van der Waals surface area (Å²) < 4.78 is 5.17. The van der Waals surface area contributed by atoms with E-state index in [2.05, 4.69) is 34.3 Å². The zero-order valence-corrected chi connectivity index (χ0v) is 16.3. The van der Waals surface area contributed by atoms with Crippen LogP contribution in [0.4, 0.5) is 0 Å². The third-order valence-electron chi connectivity index (χ3n) is 5.19. The Kier molecular flexibility index (Phi) is 13.2. The molecule has 23 heavy (non-hydrogen) atoms. The van der Waals surface area contributed by atoms with E-state index in [1.54, 1.807) is 6.92 Å². The van der Waals surface area contributed by atoms with Crippen molar-refractivity contribution in [1.29, 1.82) is 0 Å². The molecule has 0 saturated carbocycles. The van der Waals surface area contributed by atoms with Gasteiger partial charge in [0.25, 0.3) is 0 Å². The third-order valence-corrected chi connectivity index (χ3v) is 5.19. The predicted octanol–water partition coefficient (Wildman–Crippen LogP) is 6.54. The third kappa shape index (κ3) is 11.4. The molecule has 0 fully saturated rings. The Labute approximate surface area is 145 Å². The lowest BCUT2D eigenvalue weighted by Crippen LogP contribution is -2.17. The summed E-state index contributed by atoms with van der Waals surface area (Å²) in [7, 11) is 0. The molecule has 0 aliphatic rings. The van der Waals surface area contributed by atoms with Crippen molar-refractivity contribution >= 4 is 5.97 Å². The van der Waals surface area contributed by atoms with Crippen LogP contribution in [0.25, 0.3) is 0 Å². The second kappa shape index (κ2) is 13.6. The highest BCUT2D eigenvalue weighted by atomic mass is 16.5. The van der Waals surface area contributed by atoms with Gasteiger partial charge in [0.2, 0.25) is 0 Å². The molecule has 0 N–H and O–H groups in total. The highest BCUT2D eigenvalue weighted by molar-refractivity contribution is 5.86. The average Bonchev–Trinajstić information content (AvgIpc) is 2.53. The normalized spacial score (nSPS) is 15.0. The number of ether oxygens (including phenoxy) is 1. The van der Waals surface area contributed by atoms with E-state index in [4.69, 9.17) is 4.74 Å². The summed E-state index contributed by atoms with van der Waals surface area (Å²) in [5, 5.41) is 0. The number of rotatable bonds is 14. The average molecular weight is 325 g/mol. The molecule has 0 rings (SSSR count). The minimum atomic E-state index is -0.262. The van der Waals surface area contributed by atoms with Gasteiger partial charge in [-0.15, -0.1) is 0 Å². The SMILES string of the molecule is C=C(C)C(=O)OCCCC(C)C(C)C(C)CCCCCCCC. The first-order valence-corrected chi connectivity index (χ1v) is 9.72. The smallest absolute Gasteiger partial charge is 0.333 e. The number of carbonyl (C=O) groups excluding carboxylic acids is 1. The lowest BCUT2D eigenvalue weighted by molar-refractivity contribution is -0.139. The molecule has 2 nitrogen and oxygen atoms in total. The van der Waals surface area contributed by atoms with E-state index in [-0.39, 0.29) is 5.97 Å². The second-order valence-corrected chi connectivity index (χ2v) is 7.43. The van der Waals surface area contributed by atoms with Crippen LogP contribution in [0.1, 0.15) is 92.4 Å². The van der Waals surface area contributed by atoms with Crippen LogP contribution in [0.5, 0.6) is 0 Å². The van der Waals surface area contributed by atoms with Gasteiger partial charge in [0.1, 0.15) is 0 Å². The minimum absolute atomic E-state index is 0.262. The summed E-state index contributed by atoms with van der Waals surface area (Å²) in [4.78, 5) is 11.3. The molecule has 0 heterocycles. The van der Waals surface area contributed by atoms with Gasteiger partial charge in [0.05, 0.1) is 6.61 Å². The van der Waals surface area contributed by atoms with Crippen LogP contribution in [-0.4, -0.2) is 12.6 Å². The molecule has 0 saturated heterocycles. The molecule has 0 aromatic heterocycles. The Morgan fingerprint density at radius 2 is 1.43 bits per heavy atom. The van der Waals surface area contributed by atoms with Gasteiger partial charge >= 0.3 is 5.97 Å². The molecule has 0 aromatic carbocycles. The molecular formula is C21H40O2. The lowest BCUT2D eigenvalue weighted by Gasteiger charge is -2.26. The minimum Gasteiger partial charge on any atom is -0.462 e. The number of carbonyl (C=O) groups is 1. The van der Waals surface area contributed by atoms with Crippen molar-refractivity contribution in [1.82, 2.24) is 0 Å². The van der Waals surface area contributed by atoms with Crippen molar-refractivity contribution in [2.75, 3.05) is 6.61 Å². The van der Waals surface area contributed by atoms with Crippen LogP contribution < -0.4 is 0 Å². The maximum absolute atomic E-state index is 11.3. The van der Waals surface area contributed by atoms with Crippen LogP contribution in [0.15, 0.2) is 12.2 Å². The molecule has 0 amide bonds. The molecular weight excluding hydrogens is 284 g/mol. The van der Waals surface area contributed by atoms with Crippen LogP contribution in [0.2, 0.25) is 0 Å². The van der Waals surface area contributed by atoms with Crippen molar-refractivity contribution < 1.29 is 9.53 Å². The van der Waals surface area contributed by atoms with Gasteiger partial charge in [-0.2, -0.15) is 0 Å². The molecule has 0 spiro atoms. The van der Waals surface area contributed by atoms with Crippen LogP contribution in [0, 0.1) is 17.8 Å². The van der Waals surface area contributed by atoms with E-state index >= 15 is 0 Å². The van der Waals surface area contributed by atoms with E-state index in [1.165, 1.54) is 44.9 Å². The standard InChI is InChI=1S/C21H40O2/c1-7-8-9-10-11-12-14-18(4)20(6)19(5)15-13-16-23-21(22)17(2)3/h18-20H,2,7-16H2,1,3-6H3. The fraction of sp³-hybridized carbons (Fsp3) is 0.857. The van der Waals surface area contributed by atoms with Crippen LogP contribution >= 0.6 is 0 Å². The van der Waals surface area contributed by atoms with Crippen LogP contribution in [0.3, 0.4) is 0 Å². The molecule has 3 atom stereocenters. The maximum atomic E-state index is 11.3. The number of hydrogen-bond donors (Lipinski definition) is 0. The van der Waals surface area contributed by atoms with Crippen molar-refractivity contribution in [3.63, 3.8) is 0 Å². The summed E-state index contributed by atoms with van der Waals surface area (Å²) in [6.45, 7) is 15.2. The molecule has 2 heteroatoms. The van der Waals surface area contributed by atoms with Crippen molar-refractivity contribution in [2.45, 2.75) is 92.4 Å². The van der Waals surface area contributed by atoms with Crippen molar-refractivity contribution in [3.05, 3.63) is 12.2 Å². The van der Waals surface area contributed by atoms with Crippen molar-refractivity contribution in [2.24, 2.45) is 17.8 Å². The quantitative estimate of drug-likeness (QED) is 0.206. The Hall–Kier alpha value is -0.790. The number of esters is 1. The second-order valence-electron chi connectivity index (χ2n) is 7.43. The van der Waals surface area contributed by atoms with Gasteiger partial charge in [-0.05, 0) is 37.5 Å². The fourth-order valence-electron chi connectivity index (χ4n) is 3.03. The molecule has 0 bridgehead atoms. The van der Waals surface area contributed by atoms with Gasteiger partial charge in [-0.1, -0.05) is 79.2 Å². The zero-order valence-electron chi connectivity index (χ0n) is 16.3. The van der Waals surface area contributed by atoms with Gasteiger partial charge in [0, 0.05) is 5.57 Å². The monoisotopic (exact) mass is 324 g/mol. The first-order valence-electron chi connectivity index (χ1n) is 9.72. The van der Waals surface area contributed by atoms with E-state index in [1.807, 2.05) is 0 Å². The molecule has 0 aliphatic carbocycles. The summed E-state index contributed by atoms with van der Waals surface area (Å²) in [6, 6.07) is 0. The largest absolute Gasteiger partial charge is 0.462 e. The topological polar surface area (TPSA) is 26.3 Å². The Bertz CT molecular complexity index is 322. The Morgan fingerprint density at radius 3 is 2.00 bits per heavy atom. The van der Waals surface area contributed by atoms with Gasteiger partial charge in [0.15, 0.2) is 0 Å². The zero-order chi connectivity index (χ0) is 17.7. The Morgan fingerprint density at radius 1 is 0.913 bits per heavy atom. The molecule has 0 aromatic rings. The van der Waals surface area contributed by atoms with Gasteiger partial charge in [-0.3, -0.25) is 0 Å². The highest BCUT2D eigenvalue weighted by Gasteiger charge is 2.18. The Balaban J connectivity index is 3.75. The van der Waals surface area contributed by atoms with E-state index in [0.717, 1.165) is 24.7 Å². The van der Waals surface area contributed by atoms with Crippen molar-refractivity contribution in [3.8, 4) is 0 Å². The van der Waals surface area contributed by atoms with E-state index < -0.39 is 0 Å². The summed E-state index contributed by atoms with van der Waals surface area (Å²) in [6.07, 6.45) is 11.7.